The molecule has 0 saturated heterocycles. The largest absolute Gasteiger partial charge is 0.464 e. The Hall–Kier alpha value is -2.88. The summed E-state index contributed by atoms with van der Waals surface area (Å²) < 4.78 is 7.47. The first-order valence-electron chi connectivity index (χ1n) is 8.46. The summed E-state index contributed by atoms with van der Waals surface area (Å²) in [5.74, 6) is -0.245. The van der Waals surface area contributed by atoms with Crippen molar-refractivity contribution in [3.8, 4) is 0 Å². The molecule has 0 amide bonds. The van der Waals surface area contributed by atoms with Gasteiger partial charge in [0.05, 0.1) is 12.1 Å². The van der Waals surface area contributed by atoms with Gasteiger partial charge in [-0.1, -0.05) is 18.2 Å². The van der Waals surface area contributed by atoms with Crippen LogP contribution in [0.5, 0.6) is 0 Å². The molecule has 0 fully saturated rings. The fourth-order valence-corrected chi connectivity index (χ4v) is 3.87. The molecule has 0 spiro atoms. The monoisotopic (exact) mass is 332 g/mol. The van der Waals surface area contributed by atoms with E-state index in [-0.39, 0.29) is 5.97 Å². The molecule has 2 aromatic heterocycles. The van der Waals surface area contributed by atoms with E-state index >= 15 is 0 Å². The van der Waals surface area contributed by atoms with E-state index in [0.717, 1.165) is 0 Å². The van der Waals surface area contributed by atoms with Gasteiger partial charge in [-0.15, -0.1) is 0 Å². The molecular formula is C21H20N2O2. The molecule has 0 unspecified atom stereocenters. The second-order valence-electron chi connectivity index (χ2n) is 6.40. The highest BCUT2D eigenvalue weighted by molar-refractivity contribution is 6.16. The highest BCUT2D eigenvalue weighted by atomic mass is 16.5. The van der Waals surface area contributed by atoms with Gasteiger partial charge in [0.15, 0.2) is 0 Å². The van der Waals surface area contributed by atoms with Gasteiger partial charge in [0.1, 0.15) is 6.61 Å². The fraction of sp³-hybridized carbons (Fsp3) is 0.238. The molecule has 126 valence electrons. The molecule has 0 N–H and O–H groups in total. The van der Waals surface area contributed by atoms with Crippen molar-refractivity contribution in [2.75, 3.05) is 6.61 Å². The van der Waals surface area contributed by atoms with Gasteiger partial charge in [-0.2, -0.15) is 0 Å². The predicted molar refractivity (Wildman–Crippen MR) is 101 cm³/mol. The number of fused-ring (bicyclic) bond motifs is 4. The molecular weight excluding hydrogens is 312 g/mol. The van der Waals surface area contributed by atoms with Crippen molar-refractivity contribution in [3.05, 3.63) is 53.9 Å². The lowest BCUT2D eigenvalue weighted by molar-refractivity contribution is -0.141. The van der Waals surface area contributed by atoms with E-state index in [2.05, 4.69) is 53.7 Å². The van der Waals surface area contributed by atoms with Gasteiger partial charge < -0.3 is 9.30 Å². The van der Waals surface area contributed by atoms with Crippen molar-refractivity contribution < 1.29 is 9.53 Å². The van der Waals surface area contributed by atoms with Gasteiger partial charge >= 0.3 is 5.97 Å². The molecule has 25 heavy (non-hydrogen) atoms. The summed E-state index contributed by atoms with van der Waals surface area (Å²) in [5, 5.41) is 4.90. The van der Waals surface area contributed by atoms with Crippen LogP contribution in [-0.4, -0.2) is 22.1 Å². The molecule has 2 aromatic carbocycles. The summed E-state index contributed by atoms with van der Waals surface area (Å²) in [5.41, 5.74) is 4.85. The second-order valence-corrected chi connectivity index (χ2v) is 6.40. The fourth-order valence-electron chi connectivity index (χ4n) is 3.87. The Morgan fingerprint density at radius 3 is 2.68 bits per heavy atom. The van der Waals surface area contributed by atoms with E-state index in [4.69, 9.17) is 4.74 Å². The number of pyridine rings is 1. The predicted octanol–water partition coefficient (Wildman–Crippen LogP) is 4.52. The lowest BCUT2D eigenvalue weighted by atomic mass is 9.97. The Kier molecular flexibility index (Phi) is 3.68. The standard InChI is InChI=1S/C21H20N2O2/c1-13-18-12-22-9-8-16(18)14(2)21-20(13)17-6-4-5-7-19(17)23(21)10-11-25-15(3)24/h4-9,12H,10-11H2,1-3H3. The van der Waals surface area contributed by atoms with Crippen molar-refractivity contribution in [2.24, 2.45) is 0 Å². The number of carbonyl (C=O) groups is 1. The minimum atomic E-state index is -0.245. The normalized spacial score (nSPS) is 11.5. The van der Waals surface area contributed by atoms with E-state index in [9.17, 15) is 4.79 Å². The molecule has 2 heterocycles. The van der Waals surface area contributed by atoms with Crippen molar-refractivity contribution in [2.45, 2.75) is 27.3 Å². The van der Waals surface area contributed by atoms with Gasteiger partial charge in [-0.25, -0.2) is 0 Å². The molecule has 4 aromatic rings. The van der Waals surface area contributed by atoms with E-state index in [0.29, 0.717) is 13.2 Å². The summed E-state index contributed by atoms with van der Waals surface area (Å²) >= 11 is 0. The quantitative estimate of drug-likeness (QED) is 0.518. The summed E-state index contributed by atoms with van der Waals surface area (Å²) in [7, 11) is 0. The van der Waals surface area contributed by atoms with Gasteiger partial charge in [-0.05, 0) is 42.5 Å². The van der Waals surface area contributed by atoms with E-state index < -0.39 is 0 Å². The van der Waals surface area contributed by atoms with Crippen LogP contribution in [0.4, 0.5) is 0 Å². The lowest BCUT2D eigenvalue weighted by Crippen LogP contribution is -2.09. The van der Waals surface area contributed by atoms with Crippen LogP contribution in [0.3, 0.4) is 0 Å². The Labute approximate surface area is 146 Å². The van der Waals surface area contributed by atoms with Crippen molar-refractivity contribution >= 4 is 38.5 Å². The first kappa shape index (κ1) is 15.6. The number of esters is 1. The molecule has 0 aliphatic rings. The van der Waals surface area contributed by atoms with Crippen LogP contribution < -0.4 is 0 Å². The number of nitrogens with zero attached hydrogens (tertiary/aromatic N) is 2. The van der Waals surface area contributed by atoms with Crippen LogP contribution in [0.15, 0.2) is 42.7 Å². The Balaban J connectivity index is 2.09. The number of benzene rings is 2. The number of rotatable bonds is 3. The number of carbonyl (C=O) groups excluding carboxylic acids is 1. The first-order valence-corrected chi connectivity index (χ1v) is 8.46. The summed E-state index contributed by atoms with van der Waals surface area (Å²) in [6.07, 6.45) is 3.79. The van der Waals surface area contributed by atoms with Crippen molar-refractivity contribution in [3.63, 3.8) is 0 Å². The highest BCUT2D eigenvalue weighted by Crippen LogP contribution is 2.38. The van der Waals surface area contributed by atoms with Gasteiger partial charge in [0, 0.05) is 41.0 Å². The zero-order valence-electron chi connectivity index (χ0n) is 14.7. The average molecular weight is 332 g/mol. The first-order chi connectivity index (χ1) is 12.1. The number of hydrogen-bond donors (Lipinski definition) is 0. The smallest absolute Gasteiger partial charge is 0.302 e. The molecule has 0 bridgehead atoms. The van der Waals surface area contributed by atoms with E-state index in [1.165, 1.54) is 50.6 Å². The Bertz CT molecular complexity index is 1130. The number of aryl methyl sites for hydroxylation is 2. The summed E-state index contributed by atoms with van der Waals surface area (Å²) in [6.45, 7) is 6.78. The highest BCUT2D eigenvalue weighted by Gasteiger charge is 2.17. The average Bonchev–Trinajstić information content (AvgIpc) is 2.94. The molecule has 0 atom stereocenters. The van der Waals surface area contributed by atoms with Crippen LogP contribution >= 0.6 is 0 Å². The second kappa shape index (κ2) is 5.88. The maximum absolute atomic E-state index is 11.2. The number of aromatic nitrogens is 2. The van der Waals surface area contributed by atoms with Crippen LogP contribution in [0, 0.1) is 13.8 Å². The minimum Gasteiger partial charge on any atom is -0.464 e. The molecule has 0 aliphatic heterocycles. The molecule has 4 heteroatoms. The number of hydrogen-bond acceptors (Lipinski definition) is 3. The maximum atomic E-state index is 11.2. The summed E-state index contributed by atoms with van der Waals surface area (Å²) in [4.78, 5) is 15.5. The van der Waals surface area contributed by atoms with Crippen LogP contribution in [0.2, 0.25) is 0 Å². The molecule has 0 saturated carbocycles. The van der Waals surface area contributed by atoms with Crippen LogP contribution in [-0.2, 0) is 16.1 Å². The third-order valence-corrected chi connectivity index (χ3v) is 4.95. The third-order valence-electron chi connectivity index (χ3n) is 4.95. The van der Waals surface area contributed by atoms with Gasteiger partial charge in [-0.3, -0.25) is 9.78 Å². The van der Waals surface area contributed by atoms with E-state index in [1.807, 2.05) is 12.4 Å². The molecule has 0 radical (unpaired) electrons. The van der Waals surface area contributed by atoms with Gasteiger partial charge in [0.2, 0.25) is 0 Å². The van der Waals surface area contributed by atoms with E-state index in [1.54, 1.807) is 0 Å². The Morgan fingerprint density at radius 2 is 1.88 bits per heavy atom. The third kappa shape index (κ3) is 2.37. The van der Waals surface area contributed by atoms with Crippen LogP contribution in [0.25, 0.3) is 32.6 Å². The lowest BCUT2D eigenvalue weighted by Gasteiger charge is -2.13. The summed E-state index contributed by atoms with van der Waals surface area (Å²) in [6, 6.07) is 10.5. The number of para-hydroxylation sites is 1. The zero-order chi connectivity index (χ0) is 17.6. The Morgan fingerprint density at radius 1 is 1.08 bits per heavy atom. The van der Waals surface area contributed by atoms with Crippen LogP contribution in [0.1, 0.15) is 18.1 Å². The minimum absolute atomic E-state index is 0.245. The maximum Gasteiger partial charge on any atom is 0.302 e. The van der Waals surface area contributed by atoms with Crippen molar-refractivity contribution in [1.29, 1.82) is 0 Å². The molecule has 4 nitrogen and oxygen atoms in total. The van der Waals surface area contributed by atoms with Gasteiger partial charge in [0.25, 0.3) is 0 Å². The molecule has 4 rings (SSSR count). The molecule has 0 aliphatic carbocycles. The zero-order valence-corrected chi connectivity index (χ0v) is 14.7. The van der Waals surface area contributed by atoms with Crippen molar-refractivity contribution in [1.82, 2.24) is 9.55 Å². The topological polar surface area (TPSA) is 44.1 Å². The number of ether oxygens (including phenoxy) is 1. The SMILES string of the molecule is CC(=O)OCCn1c2ccccc2c2c(C)c3cnccc3c(C)c21.